The van der Waals surface area contributed by atoms with E-state index in [4.69, 9.17) is 4.84 Å². The standard InChI is InChI=1S/C28H32N8O2/c1-17-22(15-31-16-32-17)24(34-38-28(2,3)4)18-7-10-20(11-8-18)35(5)26-21(14-30)27(37)36(6)23-12-9-19(13-29)33-25(23)26/h9,12,15-16,18,20H,7-8,10-11H2,1-6H3/b34-24+. The van der Waals surface area contributed by atoms with Crippen LogP contribution in [0.4, 0.5) is 5.69 Å². The zero-order valence-corrected chi connectivity index (χ0v) is 22.7. The average molecular weight is 513 g/mol. The summed E-state index contributed by atoms with van der Waals surface area (Å²) in [7, 11) is 3.51. The third-order valence-electron chi connectivity index (χ3n) is 7.03. The number of hydrogen-bond donors (Lipinski definition) is 0. The van der Waals surface area contributed by atoms with Crippen molar-refractivity contribution in [3.63, 3.8) is 0 Å². The lowest BCUT2D eigenvalue weighted by Gasteiger charge is -2.37. The van der Waals surface area contributed by atoms with Gasteiger partial charge in [0.05, 0.1) is 16.9 Å². The van der Waals surface area contributed by atoms with Gasteiger partial charge in [-0.3, -0.25) is 4.79 Å². The number of hydrogen-bond acceptors (Lipinski definition) is 9. The molecule has 0 N–H and O–H groups in total. The Morgan fingerprint density at radius 3 is 2.50 bits per heavy atom. The van der Waals surface area contributed by atoms with E-state index in [0.29, 0.717) is 16.7 Å². The van der Waals surface area contributed by atoms with Crippen molar-refractivity contribution in [2.45, 2.75) is 65.0 Å². The number of nitrogens with zero attached hydrogens (tertiary/aromatic N) is 8. The van der Waals surface area contributed by atoms with Crippen LogP contribution in [0.1, 0.15) is 69.0 Å². The Kier molecular flexibility index (Phi) is 7.45. The van der Waals surface area contributed by atoms with Crippen molar-refractivity contribution >= 4 is 22.4 Å². The molecule has 0 radical (unpaired) electrons. The van der Waals surface area contributed by atoms with Crippen molar-refractivity contribution in [1.82, 2.24) is 19.5 Å². The molecule has 3 aromatic rings. The largest absolute Gasteiger partial charge is 0.390 e. The lowest BCUT2D eigenvalue weighted by molar-refractivity contribution is -0.0000464. The predicted molar refractivity (Wildman–Crippen MR) is 145 cm³/mol. The molecular formula is C28H32N8O2. The molecule has 0 unspecified atom stereocenters. The van der Waals surface area contributed by atoms with E-state index in [-0.39, 0.29) is 28.8 Å². The Bertz CT molecular complexity index is 1530. The monoisotopic (exact) mass is 512 g/mol. The molecule has 4 rings (SSSR count). The number of nitriles is 2. The van der Waals surface area contributed by atoms with E-state index >= 15 is 0 Å². The molecule has 3 aromatic heterocycles. The molecule has 1 aliphatic rings. The van der Waals surface area contributed by atoms with Crippen LogP contribution in [-0.2, 0) is 11.9 Å². The fourth-order valence-electron chi connectivity index (χ4n) is 4.99. The highest BCUT2D eigenvalue weighted by molar-refractivity contribution is 6.02. The van der Waals surface area contributed by atoms with Crippen LogP contribution < -0.4 is 10.5 Å². The zero-order valence-electron chi connectivity index (χ0n) is 22.7. The van der Waals surface area contributed by atoms with Gasteiger partial charge in [0.1, 0.15) is 40.8 Å². The number of fused-ring (bicyclic) bond motifs is 1. The van der Waals surface area contributed by atoms with Crippen molar-refractivity contribution in [3.8, 4) is 12.1 Å². The molecule has 38 heavy (non-hydrogen) atoms. The molecule has 0 spiro atoms. The van der Waals surface area contributed by atoms with Crippen LogP contribution in [0.3, 0.4) is 0 Å². The minimum Gasteiger partial charge on any atom is -0.390 e. The number of oxime groups is 1. The Labute approximate surface area is 222 Å². The molecule has 0 bridgehead atoms. The summed E-state index contributed by atoms with van der Waals surface area (Å²) in [6, 6.07) is 7.51. The van der Waals surface area contributed by atoms with E-state index in [1.165, 1.54) is 10.9 Å². The smallest absolute Gasteiger partial charge is 0.270 e. The van der Waals surface area contributed by atoms with Gasteiger partial charge in [0.2, 0.25) is 0 Å². The summed E-state index contributed by atoms with van der Waals surface area (Å²) in [5, 5.41) is 23.9. The van der Waals surface area contributed by atoms with E-state index in [1.807, 2.05) is 39.6 Å². The zero-order chi connectivity index (χ0) is 27.6. The summed E-state index contributed by atoms with van der Waals surface area (Å²) in [6.45, 7) is 7.82. The summed E-state index contributed by atoms with van der Waals surface area (Å²) in [5.74, 6) is 0.144. The second-order valence-electron chi connectivity index (χ2n) is 10.7. The maximum atomic E-state index is 13.0. The van der Waals surface area contributed by atoms with Gasteiger partial charge in [-0.15, -0.1) is 0 Å². The summed E-state index contributed by atoms with van der Waals surface area (Å²) in [4.78, 5) is 33.9. The Morgan fingerprint density at radius 2 is 1.89 bits per heavy atom. The lowest BCUT2D eigenvalue weighted by Crippen LogP contribution is -2.39. The van der Waals surface area contributed by atoms with Crippen LogP contribution in [0.2, 0.25) is 0 Å². The van der Waals surface area contributed by atoms with Gasteiger partial charge in [-0.1, -0.05) is 5.16 Å². The van der Waals surface area contributed by atoms with E-state index in [0.717, 1.165) is 42.7 Å². The minimum atomic E-state index is -0.435. The molecule has 0 saturated heterocycles. The van der Waals surface area contributed by atoms with Crippen molar-refractivity contribution in [3.05, 3.63) is 57.5 Å². The summed E-state index contributed by atoms with van der Waals surface area (Å²) in [6.07, 6.45) is 6.59. The topological polar surface area (TPSA) is 133 Å². The first-order valence-corrected chi connectivity index (χ1v) is 12.7. The predicted octanol–water partition coefficient (Wildman–Crippen LogP) is 3.99. The first kappa shape index (κ1) is 26.7. The van der Waals surface area contributed by atoms with Crippen molar-refractivity contribution < 1.29 is 4.84 Å². The van der Waals surface area contributed by atoms with Crippen LogP contribution in [0.5, 0.6) is 0 Å². The van der Waals surface area contributed by atoms with Gasteiger partial charge in [0, 0.05) is 43.5 Å². The molecule has 3 heterocycles. The van der Waals surface area contributed by atoms with E-state index in [2.05, 4.69) is 32.2 Å². The number of pyridine rings is 2. The summed E-state index contributed by atoms with van der Waals surface area (Å²) >= 11 is 0. The number of rotatable bonds is 5. The molecular weight excluding hydrogens is 480 g/mol. The Balaban J connectivity index is 1.67. The molecule has 0 atom stereocenters. The molecule has 0 aromatic carbocycles. The van der Waals surface area contributed by atoms with Gasteiger partial charge < -0.3 is 14.3 Å². The first-order valence-electron chi connectivity index (χ1n) is 12.7. The maximum absolute atomic E-state index is 13.0. The highest BCUT2D eigenvalue weighted by atomic mass is 16.6. The van der Waals surface area contributed by atoms with Crippen molar-refractivity contribution in [1.29, 1.82) is 10.5 Å². The van der Waals surface area contributed by atoms with Gasteiger partial charge in [-0.2, -0.15) is 10.5 Å². The highest BCUT2D eigenvalue weighted by Crippen LogP contribution is 2.35. The average Bonchev–Trinajstić information content (AvgIpc) is 2.90. The van der Waals surface area contributed by atoms with Crippen LogP contribution in [0.25, 0.3) is 11.0 Å². The van der Waals surface area contributed by atoms with Crippen molar-refractivity contribution in [2.24, 2.45) is 18.1 Å². The van der Waals surface area contributed by atoms with Gasteiger partial charge in [-0.25, -0.2) is 15.0 Å². The first-order chi connectivity index (χ1) is 18.1. The molecule has 10 nitrogen and oxygen atoms in total. The Hall–Kier alpha value is -4.31. The number of anilines is 1. The second-order valence-corrected chi connectivity index (χ2v) is 10.7. The third kappa shape index (κ3) is 5.21. The van der Waals surface area contributed by atoms with Crippen molar-refractivity contribution in [2.75, 3.05) is 11.9 Å². The van der Waals surface area contributed by atoms with Crippen LogP contribution in [-0.4, -0.2) is 43.9 Å². The molecule has 0 amide bonds. The fourth-order valence-corrected chi connectivity index (χ4v) is 4.99. The van der Waals surface area contributed by atoms with Crippen LogP contribution in [0, 0.1) is 35.5 Å². The SMILES string of the molecule is Cc1ncncc1/C(=N/OC(C)(C)C)C1CCC(N(C)c2c(C#N)c(=O)n(C)c3ccc(C#N)nc23)CC1. The second kappa shape index (κ2) is 10.6. The number of aryl methyl sites for hydroxylation is 2. The normalized spacial score (nSPS) is 18.1. The Morgan fingerprint density at radius 1 is 1.18 bits per heavy atom. The lowest BCUT2D eigenvalue weighted by atomic mass is 9.80. The molecule has 1 fully saturated rings. The van der Waals surface area contributed by atoms with Gasteiger partial charge >= 0.3 is 0 Å². The molecule has 1 saturated carbocycles. The fraction of sp³-hybridized carbons (Fsp3) is 0.464. The molecule has 10 heteroatoms. The van der Waals surface area contributed by atoms with Gasteiger partial charge in [-0.05, 0) is 65.5 Å². The molecule has 1 aliphatic carbocycles. The number of aromatic nitrogens is 4. The molecule has 196 valence electrons. The summed E-state index contributed by atoms with van der Waals surface area (Å²) < 4.78 is 1.42. The van der Waals surface area contributed by atoms with Crippen LogP contribution in [0.15, 0.2) is 34.6 Å². The maximum Gasteiger partial charge on any atom is 0.270 e. The third-order valence-corrected chi connectivity index (χ3v) is 7.03. The highest BCUT2D eigenvalue weighted by Gasteiger charge is 2.32. The van der Waals surface area contributed by atoms with Crippen LogP contribution >= 0.6 is 0 Å². The minimum absolute atomic E-state index is 0.0325. The van der Waals surface area contributed by atoms with E-state index in [9.17, 15) is 15.3 Å². The van der Waals surface area contributed by atoms with E-state index in [1.54, 1.807) is 25.4 Å². The van der Waals surface area contributed by atoms with E-state index < -0.39 is 5.60 Å². The molecule has 0 aliphatic heterocycles. The van der Waals surface area contributed by atoms with Gasteiger partial charge in [0.15, 0.2) is 0 Å². The van der Waals surface area contributed by atoms with Gasteiger partial charge in [0.25, 0.3) is 5.56 Å². The summed E-state index contributed by atoms with van der Waals surface area (Å²) in [5.41, 5.74) is 3.56. The quantitative estimate of drug-likeness (QED) is 0.370.